The van der Waals surface area contributed by atoms with Crippen molar-refractivity contribution in [3.05, 3.63) is 65.2 Å². The van der Waals surface area contributed by atoms with Gasteiger partial charge >= 0.3 is 10.0 Å². The minimum Gasteiger partial charge on any atom is -0.288 e. The number of fused-ring (bicyclic) bond motifs is 2. The van der Waals surface area contributed by atoms with E-state index in [2.05, 4.69) is 11.4 Å². The number of sulfonamides is 1. The molecule has 2 aromatic rings. The maximum atomic E-state index is 13.8. The normalized spacial score (nSPS) is 25.8. The van der Waals surface area contributed by atoms with Crippen molar-refractivity contribution in [2.75, 3.05) is 19.6 Å². The highest BCUT2D eigenvalue weighted by Gasteiger charge is 2.55. The van der Waals surface area contributed by atoms with Crippen LogP contribution in [0.25, 0.3) is 0 Å². The van der Waals surface area contributed by atoms with E-state index in [9.17, 15) is 13.2 Å². The minimum atomic E-state index is -3.73. The first kappa shape index (κ1) is 20.0. The molecule has 0 spiro atoms. The highest BCUT2D eigenvalue weighted by molar-refractivity contribution is 7.86. The number of carbonyl (C=O) groups is 1. The van der Waals surface area contributed by atoms with Gasteiger partial charge in [0, 0.05) is 17.7 Å². The molecule has 0 amide bonds. The molecule has 2 aliphatic heterocycles. The van der Waals surface area contributed by atoms with Gasteiger partial charge in [0.1, 0.15) is 4.90 Å². The summed E-state index contributed by atoms with van der Waals surface area (Å²) < 4.78 is 27.2. The predicted octanol–water partition coefficient (Wildman–Crippen LogP) is 3.06. The van der Waals surface area contributed by atoms with E-state index in [1.807, 2.05) is 25.1 Å². The van der Waals surface area contributed by atoms with Gasteiger partial charge in [-0.2, -0.15) is 12.3 Å². The Hall–Kier alpha value is -1.73. The molecule has 2 heterocycles. The Kier molecular flexibility index (Phi) is 5.45. The molecule has 0 bridgehead atoms. The molecule has 1 N–H and O–H groups in total. The van der Waals surface area contributed by atoms with Crippen LogP contribution in [0.15, 0.2) is 53.4 Å². The summed E-state index contributed by atoms with van der Waals surface area (Å²) in [4.78, 5) is 13.1. The van der Waals surface area contributed by atoms with Crippen LogP contribution in [-0.2, 0) is 16.4 Å². The van der Waals surface area contributed by atoms with Crippen LogP contribution in [-0.4, -0.2) is 37.7 Å². The summed E-state index contributed by atoms with van der Waals surface area (Å²) in [5.41, 5.74) is 2.47. The monoisotopic (exact) mass is 407 g/mol. The zero-order valence-electron chi connectivity index (χ0n) is 15.2. The molecule has 5 nitrogen and oxygen atoms in total. The van der Waals surface area contributed by atoms with Gasteiger partial charge in [0.05, 0.1) is 6.54 Å². The summed E-state index contributed by atoms with van der Waals surface area (Å²) in [6.07, 6.45) is 1.11. The van der Waals surface area contributed by atoms with E-state index in [-0.39, 0.29) is 33.5 Å². The molecule has 0 saturated heterocycles. The number of quaternary nitrogens is 1. The third-order valence-corrected chi connectivity index (χ3v) is 7.90. The molecular weight excluding hydrogens is 384 g/mol. The van der Waals surface area contributed by atoms with E-state index in [1.165, 1.54) is 0 Å². The molecule has 144 valence electrons. The molecule has 2 aromatic carbocycles. The fraction of sp³-hybridized carbons (Fsp3) is 0.350. The fourth-order valence-corrected chi connectivity index (χ4v) is 6.65. The van der Waals surface area contributed by atoms with Gasteiger partial charge in [-0.15, -0.1) is 12.4 Å². The molecule has 0 aliphatic carbocycles. The number of hydrogen-bond acceptors (Lipinski definition) is 4. The predicted molar refractivity (Wildman–Crippen MR) is 106 cm³/mol. The lowest BCUT2D eigenvalue weighted by Gasteiger charge is -2.46. The first-order chi connectivity index (χ1) is 12.5. The Labute approximate surface area is 166 Å². The fourth-order valence-electron chi connectivity index (χ4n) is 4.37. The van der Waals surface area contributed by atoms with Crippen LogP contribution in [0.2, 0.25) is 0 Å². The van der Waals surface area contributed by atoms with Crippen molar-refractivity contribution in [2.24, 2.45) is 0 Å². The van der Waals surface area contributed by atoms with Crippen LogP contribution in [0.1, 0.15) is 41.0 Å². The van der Waals surface area contributed by atoms with Crippen LogP contribution < -0.4 is 5.32 Å². The average molecular weight is 408 g/mol. The summed E-state index contributed by atoms with van der Waals surface area (Å²) in [5.74, 6) is -0.103. The van der Waals surface area contributed by atoms with Gasteiger partial charge in [-0.25, -0.2) is 0 Å². The molecule has 0 fully saturated rings. The molecule has 7 heteroatoms. The van der Waals surface area contributed by atoms with Gasteiger partial charge in [-0.3, -0.25) is 10.1 Å². The Morgan fingerprint density at radius 2 is 1.81 bits per heavy atom. The van der Waals surface area contributed by atoms with Gasteiger partial charge in [-0.1, -0.05) is 43.3 Å². The Morgan fingerprint density at radius 1 is 1.11 bits per heavy atom. The molecule has 0 aromatic heterocycles. The van der Waals surface area contributed by atoms with E-state index < -0.39 is 16.2 Å². The maximum absolute atomic E-state index is 13.8. The van der Waals surface area contributed by atoms with E-state index in [0.29, 0.717) is 25.1 Å². The molecule has 0 saturated carbocycles. The molecule has 2 atom stereocenters. The van der Waals surface area contributed by atoms with Crippen LogP contribution in [0, 0.1) is 0 Å². The van der Waals surface area contributed by atoms with Crippen molar-refractivity contribution in [3.8, 4) is 0 Å². The maximum Gasteiger partial charge on any atom is 0.329 e. The summed E-state index contributed by atoms with van der Waals surface area (Å²) in [5, 5.41) is 3.42. The number of halogens is 1. The number of nitrogens with one attached hydrogen (secondary N) is 1. The summed E-state index contributed by atoms with van der Waals surface area (Å²) >= 11 is 0. The first-order valence-electron chi connectivity index (χ1n) is 9.06. The van der Waals surface area contributed by atoms with Gasteiger partial charge in [0.25, 0.3) is 0 Å². The molecule has 0 radical (unpaired) electrons. The van der Waals surface area contributed by atoms with E-state index in [0.717, 1.165) is 17.5 Å². The van der Waals surface area contributed by atoms with Crippen LogP contribution in [0.3, 0.4) is 0 Å². The van der Waals surface area contributed by atoms with E-state index in [1.54, 1.807) is 24.3 Å². The summed E-state index contributed by atoms with van der Waals surface area (Å²) in [6, 6.07) is 14.6. The Balaban J connectivity index is 0.00000210. The highest BCUT2D eigenvalue weighted by atomic mass is 35.5. The van der Waals surface area contributed by atoms with Crippen LogP contribution >= 0.6 is 12.4 Å². The molecule has 27 heavy (non-hydrogen) atoms. The number of nitrogens with zero attached hydrogens (tertiary/aromatic N) is 1. The third-order valence-electron chi connectivity index (χ3n) is 5.51. The van der Waals surface area contributed by atoms with E-state index in [4.69, 9.17) is 0 Å². The van der Waals surface area contributed by atoms with Crippen molar-refractivity contribution in [1.82, 2.24) is 5.32 Å². The van der Waals surface area contributed by atoms with Crippen molar-refractivity contribution < 1.29 is 17.1 Å². The summed E-state index contributed by atoms with van der Waals surface area (Å²) in [6.45, 7) is 3.04. The lowest BCUT2D eigenvalue weighted by atomic mass is 9.97. The molecule has 4 rings (SSSR count). The number of Topliss-reactive ketones (excluding diaryl/α,β-unsaturated/α-hetero) is 1. The summed E-state index contributed by atoms with van der Waals surface area (Å²) in [7, 11) is -3.73. The third kappa shape index (κ3) is 2.91. The average Bonchev–Trinajstić information content (AvgIpc) is 2.66. The van der Waals surface area contributed by atoms with E-state index >= 15 is 0 Å². The van der Waals surface area contributed by atoms with Crippen LogP contribution in [0.5, 0.6) is 0 Å². The second-order valence-corrected chi connectivity index (χ2v) is 9.15. The van der Waals surface area contributed by atoms with Crippen LogP contribution in [0.4, 0.5) is 0 Å². The molecule has 2 aliphatic rings. The zero-order chi connectivity index (χ0) is 18.4. The second kappa shape index (κ2) is 7.36. The Morgan fingerprint density at radius 3 is 2.59 bits per heavy atom. The largest absolute Gasteiger partial charge is 0.329 e. The lowest BCUT2D eigenvalue weighted by molar-refractivity contribution is -0.836. The quantitative estimate of drug-likeness (QED) is 0.794. The molecular formula is C20H24ClN2O3S+. The smallest absolute Gasteiger partial charge is 0.288 e. The number of hydrogen-bond donors (Lipinski definition) is 1. The van der Waals surface area contributed by atoms with Crippen molar-refractivity contribution >= 4 is 28.2 Å². The first-order valence-corrected chi connectivity index (χ1v) is 10.5. The number of benzene rings is 2. The lowest BCUT2D eigenvalue weighted by Crippen LogP contribution is -2.64. The number of carbonyl (C=O) groups excluding carboxylic acids is 1. The number of rotatable bonds is 3. The standard InChI is InChI=1S/C20H23N2O3S.ClH/c1-2-13-22(20-16-8-4-3-7-15(16)11-12-21-20)14-18(23)17-9-5-6-10-19(17)26(22,24)25;/h3-10,20-21H,2,11-14H2,1H3;1H/q+1;. The Bertz CT molecular complexity index is 977. The molecule has 2 unspecified atom stereocenters. The SMILES string of the molecule is CCC[N+]1(C2NCCc3ccccc32)CC(=O)c2ccccc2S1(=O)=O.Cl. The van der Waals surface area contributed by atoms with Gasteiger partial charge < -0.3 is 0 Å². The second-order valence-electron chi connectivity index (χ2n) is 7.03. The minimum absolute atomic E-state index is 0. The van der Waals surface area contributed by atoms with Crippen molar-refractivity contribution in [1.29, 1.82) is 0 Å². The zero-order valence-corrected chi connectivity index (χ0v) is 16.9. The van der Waals surface area contributed by atoms with Crippen molar-refractivity contribution in [3.63, 3.8) is 0 Å². The van der Waals surface area contributed by atoms with Gasteiger partial charge in [0.15, 0.2) is 12.7 Å². The van der Waals surface area contributed by atoms with Gasteiger partial charge in [-0.05, 0) is 30.5 Å². The topological polar surface area (TPSA) is 63.2 Å². The van der Waals surface area contributed by atoms with Crippen molar-refractivity contribution in [2.45, 2.75) is 30.8 Å². The van der Waals surface area contributed by atoms with Gasteiger partial charge in [0.2, 0.25) is 5.78 Å². The highest BCUT2D eigenvalue weighted by Crippen LogP contribution is 2.42. The number of ketones is 1.